The molecule has 0 saturated heterocycles. The van der Waals surface area contributed by atoms with Crippen molar-refractivity contribution in [2.45, 2.75) is 26.4 Å². The Bertz CT molecular complexity index is 702. The molecule has 0 saturated carbocycles. The number of likely N-dealkylation sites (N-methyl/N-ethyl adjacent to an activating group) is 1. The number of carbonyl (C=O) groups is 1. The molecule has 0 aliphatic rings. The average Bonchev–Trinajstić information content (AvgIpc) is 2.91. The Kier molecular flexibility index (Phi) is 4.92. The van der Waals surface area contributed by atoms with E-state index in [4.69, 9.17) is 9.78 Å². The summed E-state index contributed by atoms with van der Waals surface area (Å²) in [6, 6.07) is 10.8. The first kappa shape index (κ1) is 15.7. The van der Waals surface area contributed by atoms with E-state index in [1.807, 2.05) is 37.1 Å². The number of anilines is 1. The first-order valence-electron chi connectivity index (χ1n) is 6.93. The van der Waals surface area contributed by atoms with Crippen LogP contribution in [0.2, 0.25) is 0 Å². The van der Waals surface area contributed by atoms with Gasteiger partial charge in [0.1, 0.15) is 0 Å². The minimum atomic E-state index is -0.351. The van der Waals surface area contributed by atoms with Crippen molar-refractivity contribution in [1.29, 1.82) is 5.26 Å². The Labute approximate surface area is 129 Å². The van der Waals surface area contributed by atoms with Gasteiger partial charge in [0.25, 0.3) is 0 Å². The second-order valence-corrected chi connectivity index (χ2v) is 5.23. The van der Waals surface area contributed by atoms with Crippen LogP contribution < -0.4 is 5.32 Å². The molecule has 0 spiro atoms. The highest BCUT2D eigenvalue weighted by atomic mass is 16.5. The summed E-state index contributed by atoms with van der Waals surface area (Å²) in [5.74, 6) is 0.171. The van der Waals surface area contributed by atoms with Crippen molar-refractivity contribution in [3.8, 4) is 6.07 Å². The fourth-order valence-electron chi connectivity index (χ4n) is 2.01. The second-order valence-electron chi connectivity index (χ2n) is 5.23. The van der Waals surface area contributed by atoms with Crippen LogP contribution in [0.25, 0.3) is 0 Å². The number of benzene rings is 1. The monoisotopic (exact) mass is 298 g/mol. The van der Waals surface area contributed by atoms with Crippen LogP contribution in [-0.4, -0.2) is 29.1 Å². The number of rotatable bonds is 5. The van der Waals surface area contributed by atoms with Gasteiger partial charge in [-0.3, -0.25) is 15.0 Å². The third-order valence-electron chi connectivity index (χ3n) is 3.40. The summed E-state index contributed by atoms with van der Waals surface area (Å²) in [5.41, 5.74) is 2.31. The summed E-state index contributed by atoms with van der Waals surface area (Å²) in [4.78, 5) is 14.1. The van der Waals surface area contributed by atoms with Crippen LogP contribution in [0.1, 0.15) is 23.7 Å². The molecular formula is C16H18N4O2. The van der Waals surface area contributed by atoms with Crippen LogP contribution in [0, 0.1) is 18.3 Å². The Morgan fingerprint density at radius 2 is 2.27 bits per heavy atom. The lowest BCUT2D eigenvalue weighted by atomic mass is 10.1. The van der Waals surface area contributed by atoms with Crippen LogP contribution in [-0.2, 0) is 11.3 Å². The van der Waals surface area contributed by atoms with Gasteiger partial charge in [0.2, 0.25) is 11.8 Å². The molecule has 2 aromatic rings. The topological polar surface area (TPSA) is 82.2 Å². The van der Waals surface area contributed by atoms with Crippen molar-refractivity contribution in [3.63, 3.8) is 0 Å². The summed E-state index contributed by atoms with van der Waals surface area (Å²) < 4.78 is 4.98. The predicted molar refractivity (Wildman–Crippen MR) is 82.0 cm³/mol. The maximum Gasteiger partial charge on any atom is 0.243 e. The third-order valence-corrected chi connectivity index (χ3v) is 3.40. The van der Waals surface area contributed by atoms with Gasteiger partial charge in [-0.2, -0.15) is 5.26 Å². The molecule has 1 heterocycles. The van der Waals surface area contributed by atoms with Crippen molar-refractivity contribution in [2.75, 3.05) is 12.4 Å². The molecular weight excluding hydrogens is 280 g/mol. The van der Waals surface area contributed by atoms with Gasteiger partial charge in [0.15, 0.2) is 0 Å². The molecule has 0 unspecified atom stereocenters. The number of amides is 1. The summed E-state index contributed by atoms with van der Waals surface area (Å²) in [6.07, 6.45) is 0. The number of nitrogens with zero attached hydrogens (tertiary/aromatic N) is 3. The number of hydrogen-bond acceptors (Lipinski definition) is 5. The molecule has 22 heavy (non-hydrogen) atoms. The SMILES string of the molecule is Cc1cc(NC(=O)[C@H](C)N(C)Cc2cccc(C#N)c2)on1. The van der Waals surface area contributed by atoms with E-state index in [1.165, 1.54) is 0 Å². The van der Waals surface area contributed by atoms with Gasteiger partial charge in [-0.05, 0) is 38.6 Å². The average molecular weight is 298 g/mol. The van der Waals surface area contributed by atoms with Crippen molar-refractivity contribution in [2.24, 2.45) is 0 Å². The minimum Gasteiger partial charge on any atom is -0.338 e. The van der Waals surface area contributed by atoms with E-state index < -0.39 is 0 Å². The lowest BCUT2D eigenvalue weighted by Gasteiger charge is -2.23. The number of nitriles is 1. The van der Waals surface area contributed by atoms with Crippen LogP contribution in [0.5, 0.6) is 0 Å². The highest BCUT2D eigenvalue weighted by molar-refractivity contribution is 5.93. The Hall–Kier alpha value is -2.65. The number of nitrogens with one attached hydrogen (secondary N) is 1. The molecule has 1 amide bonds. The fraction of sp³-hybridized carbons (Fsp3) is 0.312. The van der Waals surface area contributed by atoms with E-state index in [1.54, 1.807) is 19.1 Å². The van der Waals surface area contributed by atoms with Crippen LogP contribution in [0.15, 0.2) is 34.9 Å². The minimum absolute atomic E-state index is 0.171. The predicted octanol–water partition coefficient (Wildman–Crippen LogP) is 2.31. The molecule has 2 rings (SSSR count). The van der Waals surface area contributed by atoms with Crippen molar-refractivity contribution in [1.82, 2.24) is 10.1 Å². The van der Waals surface area contributed by atoms with E-state index in [2.05, 4.69) is 16.5 Å². The van der Waals surface area contributed by atoms with E-state index in [0.717, 1.165) is 5.56 Å². The van der Waals surface area contributed by atoms with E-state index in [0.29, 0.717) is 23.7 Å². The standard InChI is InChI=1S/C16H18N4O2/c1-11-7-15(22-19-11)18-16(21)12(2)20(3)10-14-6-4-5-13(8-14)9-17/h4-8,12H,10H2,1-3H3,(H,18,21)/t12-/m0/s1. The first-order chi connectivity index (χ1) is 10.5. The van der Waals surface area contributed by atoms with Gasteiger partial charge in [-0.15, -0.1) is 0 Å². The molecule has 0 fully saturated rings. The quantitative estimate of drug-likeness (QED) is 0.916. The van der Waals surface area contributed by atoms with Gasteiger partial charge >= 0.3 is 0 Å². The second kappa shape index (κ2) is 6.87. The highest BCUT2D eigenvalue weighted by Gasteiger charge is 2.19. The maximum absolute atomic E-state index is 12.2. The molecule has 0 radical (unpaired) electrons. The third kappa shape index (κ3) is 3.93. The largest absolute Gasteiger partial charge is 0.338 e. The molecule has 0 aliphatic heterocycles. The van der Waals surface area contributed by atoms with Crippen LogP contribution in [0.4, 0.5) is 5.88 Å². The summed E-state index contributed by atoms with van der Waals surface area (Å²) in [6.45, 7) is 4.17. The molecule has 1 aromatic carbocycles. The van der Waals surface area contributed by atoms with Gasteiger partial charge in [-0.25, -0.2) is 0 Å². The lowest BCUT2D eigenvalue weighted by molar-refractivity contribution is -0.120. The van der Waals surface area contributed by atoms with Crippen molar-refractivity contribution >= 4 is 11.8 Å². The van der Waals surface area contributed by atoms with Crippen molar-refractivity contribution < 1.29 is 9.32 Å². The van der Waals surface area contributed by atoms with Gasteiger partial charge in [0.05, 0.1) is 23.4 Å². The maximum atomic E-state index is 12.2. The number of carbonyl (C=O) groups excluding carboxylic acids is 1. The molecule has 6 nitrogen and oxygen atoms in total. The number of aromatic nitrogens is 1. The fourth-order valence-corrected chi connectivity index (χ4v) is 2.01. The zero-order valence-electron chi connectivity index (χ0n) is 12.8. The molecule has 0 aliphatic carbocycles. The molecule has 1 aromatic heterocycles. The van der Waals surface area contributed by atoms with Gasteiger partial charge in [0, 0.05) is 12.6 Å². The Balaban J connectivity index is 1.97. The van der Waals surface area contributed by atoms with E-state index >= 15 is 0 Å². The molecule has 1 atom stereocenters. The first-order valence-corrected chi connectivity index (χ1v) is 6.93. The van der Waals surface area contributed by atoms with Gasteiger partial charge in [-0.1, -0.05) is 17.3 Å². The Morgan fingerprint density at radius 3 is 2.91 bits per heavy atom. The summed E-state index contributed by atoms with van der Waals surface area (Å²) in [7, 11) is 1.86. The molecule has 1 N–H and O–H groups in total. The molecule has 0 bridgehead atoms. The van der Waals surface area contributed by atoms with Crippen LogP contribution in [0.3, 0.4) is 0 Å². The molecule has 6 heteroatoms. The van der Waals surface area contributed by atoms with E-state index in [9.17, 15) is 4.79 Å². The Morgan fingerprint density at radius 1 is 1.50 bits per heavy atom. The highest BCUT2D eigenvalue weighted by Crippen LogP contribution is 2.12. The van der Waals surface area contributed by atoms with Crippen LogP contribution >= 0.6 is 0 Å². The van der Waals surface area contributed by atoms with Gasteiger partial charge < -0.3 is 4.52 Å². The lowest BCUT2D eigenvalue weighted by Crippen LogP contribution is -2.39. The number of hydrogen-bond donors (Lipinski definition) is 1. The van der Waals surface area contributed by atoms with Crippen molar-refractivity contribution in [3.05, 3.63) is 47.2 Å². The van der Waals surface area contributed by atoms with E-state index in [-0.39, 0.29) is 11.9 Å². The zero-order chi connectivity index (χ0) is 16.1. The zero-order valence-corrected chi connectivity index (χ0v) is 12.8. The summed E-state index contributed by atoms with van der Waals surface area (Å²) >= 11 is 0. The number of aryl methyl sites for hydroxylation is 1. The smallest absolute Gasteiger partial charge is 0.243 e. The summed E-state index contributed by atoms with van der Waals surface area (Å²) in [5, 5.41) is 15.3. The normalized spacial score (nSPS) is 12.0. The molecule has 114 valence electrons.